The molecule has 1 aliphatic heterocycles. The molecule has 6 nitrogen and oxygen atoms in total. The largest absolute Gasteiger partial charge is 0.481 e. The number of carbonyl (C=O) groups is 2. The Morgan fingerprint density at radius 1 is 1.00 bits per heavy atom. The van der Waals surface area contributed by atoms with E-state index in [0.29, 0.717) is 12.5 Å². The van der Waals surface area contributed by atoms with Crippen LogP contribution < -0.4 is 0 Å². The van der Waals surface area contributed by atoms with Crippen molar-refractivity contribution in [2.75, 3.05) is 13.1 Å². The van der Waals surface area contributed by atoms with E-state index in [4.69, 9.17) is 4.74 Å². The molecule has 31 heavy (non-hydrogen) atoms. The van der Waals surface area contributed by atoms with E-state index in [2.05, 4.69) is 4.57 Å². The fraction of sp³-hybridized carbons (Fsp3) is 0.360. The molecule has 4 rings (SSSR count). The van der Waals surface area contributed by atoms with E-state index in [1.165, 1.54) is 0 Å². The third-order valence-corrected chi connectivity index (χ3v) is 6.07. The molecule has 1 fully saturated rings. The van der Waals surface area contributed by atoms with Crippen molar-refractivity contribution < 1.29 is 19.4 Å². The molecule has 0 saturated carbocycles. The Morgan fingerprint density at radius 3 is 2.45 bits per heavy atom. The van der Waals surface area contributed by atoms with Crippen LogP contribution in [0, 0.1) is 5.92 Å². The Balaban J connectivity index is 1.28. The summed E-state index contributed by atoms with van der Waals surface area (Å²) in [5.74, 6) is -0.267. The molecule has 0 atom stereocenters. The molecule has 2 aromatic carbocycles. The lowest BCUT2D eigenvalue weighted by molar-refractivity contribution is -0.136. The third kappa shape index (κ3) is 5.26. The summed E-state index contributed by atoms with van der Waals surface area (Å²) in [7, 11) is 0. The van der Waals surface area contributed by atoms with Crippen LogP contribution in [0.2, 0.25) is 0 Å². The molecule has 162 valence electrons. The summed E-state index contributed by atoms with van der Waals surface area (Å²) >= 11 is 0. The maximum Gasteiger partial charge on any atom is 0.410 e. The first kappa shape index (κ1) is 21.0. The van der Waals surface area contributed by atoms with E-state index in [9.17, 15) is 14.7 Å². The van der Waals surface area contributed by atoms with Gasteiger partial charge in [-0.1, -0.05) is 48.5 Å². The number of fused-ring (bicyclic) bond motifs is 1. The van der Waals surface area contributed by atoms with Gasteiger partial charge in [-0.15, -0.1) is 0 Å². The van der Waals surface area contributed by atoms with Crippen molar-refractivity contribution in [1.82, 2.24) is 9.47 Å². The predicted octanol–water partition coefficient (Wildman–Crippen LogP) is 4.71. The molecule has 1 N–H and O–H groups in total. The molecule has 3 aromatic rings. The van der Waals surface area contributed by atoms with Crippen molar-refractivity contribution in [3.05, 3.63) is 71.9 Å². The van der Waals surface area contributed by atoms with Crippen LogP contribution in [0.15, 0.2) is 60.8 Å². The Bertz CT molecular complexity index is 1040. The van der Waals surface area contributed by atoms with Crippen LogP contribution in [0.25, 0.3) is 10.9 Å². The summed E-state index contributed by atoms with van der Waals surface area (Å²) in [4.78, 5) is 25.3. The van der Waals surface area contributed by atoms with Crippen molar-refractivity contribution in [2.24, 2.45) is 5.92 Å². The van der Waals surface area contributed by atoms with Crippen LogP contribution in [0.4, 0.5) is 4.79 Å². The Labute approximate surface area is 182 Å². The van der Waals surface area contributed by atoms with Gasteiger partial charge in [0.1, 0.15) is 6.61 Å². The van der Waals surface area contributed by atoms with Crippen molar-refractivity contribution >= 4 is 23.0 Å². The number of hydrogen-bond donors (Lipinski definition) is 1. The SMILES string of the molecule is O=C(O)Cc1cn(CCC2CCN(C(=O)OCc3ccccc3)CC2)c2ccccc12. The number of carbonyl (C=O) groups excluding carboxylic acids is 1. The number of amides is 1. The summed E-state index contributed by atoms with van der Waals surface area (Å²) in [6.07, 6.45) is 4.71. The van der Waals surface area contributed by atoms with Gasteiger partial charge >= 0.3 is 12.1 Å². The number of carboxylic acid groups (broad SMARTS) is 1. The molecule has 0 unspecified atom stereocenters. The maximum atomic E-state index is 12.3. The summed E-state index contributed by atoms with van der Waals surface area (Å²) < 4.78 is 7.62. The fourth-order valence-corrected chi connectivity index (χ4v) is 4.35. The van der Waals surface area contributed by atoms with Gasteiger partial charge in [-0.3, -0.25) is 4.79 Å². The molecule has 1 aromatic heterocycles. The second-order valence-corrected chi connectivity index (χ2v) is 8.19. The standard InChI is InChI=1S/C25H28N2O4/c28-24(29)16-21-17-27(23-9-5-4-8-22(21)23)15-12-19-10-13-26(14-11-19)25(30)31-18-20-6-2-1-3-7-20/h1-9,17,19H,10-16,18H2,(H,28,29). The van der Waals surface area contributed by atoms with E-state index in [1.807, 2.05) is 60.8 Å². The minimum Gasteiger partial charge on any atom is -0.481 e. The molecular weight excluding hydrogens is 392 g/mol. The molecule has 0 aliphatic carbocycles. The molecule has 0 bridgehead atoms. The van der Waals surface area contributed by atoms with Crippen molar-refractivity contribution in [1.29, 1.82) is 0 Å². The highest BCUT2D eigenvalue weighted by Gasteiger charge is 2.24. The predicted molar refractivity (Wildman–Crippen MR) is 119 cm³/mol. The van der Waals surface area contributed by atoms with Gasteiger partial charge in [-0.05, 0) is 42.4 Å². The molecule has 6 heteroatoms. The van der Waals surface area contributed by atoms with Gasteiger partial charge in [0.15, 0.2) is 0 Å². The van der Waals surface area contributed by atoms with Gasteiger partial charge < -0.3 is 19.3 Å². The first-order chi connectivity index (χ1) is 15.1. The van der Waals surface area contributed by atoms with Crippen LogP contribution in [-0.4, -0.2) is 39.7 Å². The van der Waals surface area contributed by atoms with Crippen LogP contribution in [-0.2, 0) is 29.1 Å². The number of hydrogen-bond acceptors (Lipinski definition) is 3. The van der Waals surface area contributed by atoms with E-state index in [0.717, 1.165) is 60.9 Å². The first-order valence-corrected chi connectivity index (χ1v) is 10.8. The average molecular weight is 421 g/mol. The van der Waals surface area contributed by atoms with Gasteiger partial charge in [-0.2, -0.15) is 0 Å². The number of carboxylic acids is 1. The van der Waals surface area contributed by atoms with Crippen molar-refractivity contribution in [3.8, 4) is 0 Å². The smallest absolute Gasteiger partial charge is 0.410 e. The fourth-order valence-electron chi connectivity index (χ4n) is 4.35. The molecule has 0 radical (unpaired) electrons. The summed E-state index contributed by atoms with van der Waals surface area (Å²) in [6.45, 7) is 2.59. The number of ether oxygens (including phenoxy) is 1. The van der Waals surface area contributed by atoms with Gasteiger partial charge in [0, 0.05) is 36.7 Å². The Kier molecular flexibility index (Phi) is 6.55. The zero-order chi connectivity index (χ0) is 21.6. The summed E-state index contributed by atoms with van der Waals surface area (Å²) in [6, 6.07) is 17.7. The van der Waals surface area contributed by atoms with Gasteiger partial charge in [0.25, 0.3) is 0 Å². The average Bonchev–Trinajstić information content (AvgIpc) is 3.14. The number of piperidine rings is 1. The third-order valence-electron chi connectivity index (χ3n) is 6.07. The topological polar surface area (TPSA) is 71.8 Å². The molecule has 1 amide bonds. The number of rotatable bonds is 7. The highest BCUT2D eigenvalue weighted by atomic mass is 16.6. The summed E-state index contributed by atoms with van der Waals surface area (Å²) in [5.41, 5.74) is 2.94. The van der Waals surface area contributed by atoms with Gasteiger partial charge in [0.2, 0.25) is 0 Å². The number of nitrogens with zero attached hydrogens (tertiary/aromatic N) is 2. The van der Waals surface area contributed by atoms with E-state index >= 15 is 0 Å². The molecule has 0 spiro atoms. The molecule has 1 aliphatic rings. The minimum atomic E-state index is -0.811. The second-order valence-electron chi connectivity index (χ2n) is 8.19. The van der Waals surface area contributed by atoms with Crippen LogP contribution in [0.5, 0.6) is 0 Å². The van der Waals surface area contributed by atoms with Crippen molar-refractivity contribution in [3.63, 3.8) is 0 Å². The Morgan fingerprint density at radius 2 is 1.71 bits per heavy atom. The quantitative estimate of drug-likeness (QED) is 0.601. The van der Waals surface area contributed by atoms with E-state index < -0.39 is 5.97 Å². The van der Waals surface area contributed by atoms with E-state index in [-0.39, 0.29) is 12.5 Å². The lowest BCUT2D eigenvalue weighted by Crippen LogP contribution is -2.38. The zero-order valence-electron chi connectivity index (χ0n) is 17.6. The first-order valence-electron chi connectivity index (χ1n) is 10.8. The maximum absolute atomic E-state index is 12.3. The van der Waals surface area contributed by atoms with Crippen molar-refractivity contribution in [2.45, 2.75) is 38.8 Å². The lowest BCUT2D eigenvalue weighted by Gasteiger charge is -2.31. The number of likely N-dealkylation sites (tertiary alicyclic amines) is 1. The Hall–Kier alpha value is -3.28. The zero-order valence-corrected chi connectivity index (χ0v) is 17.6. The van der Waals surface area contributed by atoms with Crippen LogP contribution in [0.3, 0.4) is 0 Å². The van der Waals surface area contributed by atoms with Crippen LogP contribution >= 0.6 is 0 Å². The second kappa shape index (κ2) is 9.69. The lowest BCUT2D eigenvalue weighted by atomic mass is 9.94. The highest BCUT2D eigenvalue weighted by Crippen LogP contribution is 2.26. The number of benzene rings is 2. The number of aromatic nitrogens is 1. The van der Waals surface area contributed by atoms with Crippen LogP contribution in [0.1, 0.15) is 30.4 Å². The van der Waals surface area contributed by atoms with Gasteiger partial charge in [0.05, 0.1) is 6.42 Å². The monoisotopic (exact) mass is 420 g/mol. The molecule has 1 saturated heterocycles. The van der Waals surface area contributed by atoms with E-state index in [1.54, 1.807) is 4.90 Å². The molecule has 2 heterocycles. The molecular formula is C25H28N2O4. The highest BCUT2D eigenvalue weighted by molar-refractivity contribution is 5.87. The minimum absolute atomic E-state index is 0.0387. The number of para-hydroxylation sites is 1. The summed E-state index contributed by atoms with van der Waals surface area (Å²) in [5, 5.41) is 10.2. The number of aryl methyl sites for hydroxylation is 1. The normalized spacial score (nSPS) is 14.6. The van der Waals surface area contributed by atoms with Gasteiger partial charge in [-0.25, -0.2) is 4.79 Å². The number of aliphatic carboxylic acids is 1.